The predicted octanol–water partition coefficient (Wildman–Crippen LogP) is 7.36. The molecule has 0 spiro atoms. The molecule has 1 N–H and O–H groups in total. The normalized spacial score (nSPS) is 11.0. The number of hydrogen-bond acceptors (Lipinski definition) is 2. The third-order valence-corrected chi connectivity index (χ3v) is 6.17. The highest BCUT2D eigenvalue weighted by Gasteiger charge is 2.19. The molecule has 1 heterocycles. The molecule has 2 nitrogen and oxygen atoms in total. The lowest BCUT2D eigenvalue weighted by Gasteiger charge is -2.08. The summed E-state index contributed by atoms with van der Waals surface area (Å²) in [6.07, 6.45) is 0.698. The smallest absolute Gasteiger partial charge is 0.266 e. The van der Waals surface area contributed by atoms with Crippen LogP contribution in [0, 0.1) is 6.92 Å². The summed E-state index contributed by atoms with van der Waals surface area (Å²) in [6, 6.07) is 21.6. The Hall–Kier alpha value is -2.33. The molecule has 0 bridgehead atoms. The number of fused-ring (bicyclic) bond motifs is 1. The molecule has 28 heavy (non-hydrogen) atoms. The lowest BCUT2D eigenvalue weighted by atomic mass is 10.0. The largest absolute Gasteiger partial charge is 0.321 e. The summed E-state index contributed by atoms with van der Waals surface area (Å²) < 4.78 is 1.10. The van der Waals surface area contributed by atoms with Gasteiger partial charge in [0.15, 0.2) is 0 Å². The van der Waals surface area contributed by atoms with Crippen LogP contribution in [0.3, 0.4) is 0 Å². The van der Waals surface area contributed by atoms with Crippen molar-refractivity contribution in [3.63, 3.8) is 0 Å². The van der Waals surface area contributed by atoms with E-state index in [0.29, 0.717) is 27.0 Å². The Morgan fingerprint density at radius 1 is 0.964 bits per heavy atom. The maximum Gasteiger partial charge on any atom is 0.266 e. The summed E-state index contributed by atoms with van der Waals surface area (Å²) in [5.74, 6) is -0.151. The molecule has 0 fully saturated rings. The van der Waals surface area contributed by atoms with E-state index in [1.165, 1.54) is 22.5 Å². The highest BCUT2D eigenvalue weighted by molar-refractivity contribution is 7.21. The van der Waals surface area contributed by atoms with E-state index in [1.807, 2.05) is 18.2 Å². The van der Waals surface area contributed by atoms with Gasteiger partial charge in [-0.15, -0.1) is 11.3 Å². The summed E-state index contributed by atoms with van der Waals surface area (Å²) >= 11 is 13.6. The number of anilines is 1. The fourth-order valence-corrected chi connectivity index (χ4v) is 4.82. The molecule has 0 atom stereocenters. The maximum absolute atomic E-state index is 13.1. The first-order valence-electron chi connectivity index (χ1n) is 8.83. The number of thiophene rings is 1. The van der Waals surface area contributed by atoms with Gasteiger partial charge in [-0.2, -0.15) is 0 Å². The molecule has 4 rings (SSSR count). The first kappa shape index (κ1) is 19.0. The van der Waals surface area contributed by atoms with Crippen LogP contribution in [0.15, 0.2) is 66.7 Å². The van der Waals surface area contributed by atoms with E-state index in [4.69, 9.17) is 23.2 Å². The monoisotopic (exact) mass is 425 g/mol. The van der Waals surface area contributed by atoms with Crippen molar-refractivity contribution < 1.29 is 4.79 Å². The molecule has 0 aliphatic carbocycles. The third-order valence-electron chi connectivity index (χ3n) is 4.53. The number of aryl methyl sites for hydroxylation is 1. The summed E-state index contributed by atoms with van der Waals surface area (Å²) in [7, 11) is 0. The molecule has 1 aromatic heterocycles. The predicted molar refractivity (Wildman–Crippen MR) is 120 cm³/mol. The standard InChI is InChI=1S/C23H17Cl2NOS/c1-14-6-8-15(9-7-14)10-20-19-4-2-3-5-21(19)28-22(20)23(27)26-18-12-16(24)11-17(25)13-18/h2-9,11-13H,10H2,1H3,(H,26,27). The van der Waals surface area contributed by atoms with Crippen LogP contribution in [0.2, 0.25) is 10.0 Å². The molecule has 0 aliphatic rings. The van der Waals surface area contributed by atoms with E-state index in [1.54, 1.807) is 18.2 Å². The minimum absolute atomic E-state index is 0.151. The Kier molecular flexibility index (Phi) is 5.40. The van der Waals surface area contributed by atoms with E-state index < -0.39 is 0 Å². The van der Waals surface area contributed by atoms with Crippen LogP contribution in [0.5, 0.6) is 0 Å². The van der Waals surface area contributed by atoms with Crippen LogP contribution in [-0.4, -0.2) is 5.91 Å². The van der Waals surface area contributed by atoms with Crippen molar-refractivity contribution >= 4 is 56.2 Å². The van der Waals surface area contributed by atoms with Gasteiger partial charge in [0.2, 0.25) is 0 Å². The molecular formula is C23H17Cl2NOS. The zero-order valence-corrected chi connectivity index (χ0v) is 17.5. The average Bonchev–Trinajstić information content (AvgIpc) is 3.01. The summed E-state index contributed by atoms with van der Waals surface area (Å²) in [5.41, 5.74) is 4.01. The number of rotatable bonds is 4. The Morgan fingerprint density at radius 2 is 1.64 bits per heavy atom. The minimum Gasteiger partial charge on any atom is -0.321 e. The quantitative estimate of drug-likeness (QED) is 0.363. The van der Waals surface area contributed by atoms with Crippen molar-refractivity contribution in [3.8, 4) is 0 Å². The van der Waals surface area contributed by atoms with Crippen LogP contribution >= 0.6 is 34.5 Å². The Bertz CT molecular complexity index is 1140. The molecule has 3 aromatic carbocycles. The van der Waals surface area contributed by atoms with Crippen LogP contribution in [0.25, 0.3) is 10.1 Å². The molecular weight excluding hydrogens is 409 g/mol. The molecule has 0 saturated carbocycles. The highest BCUT2D eigenvalue weighted by atomic mass is 35.5. The number of carbonyl (C=O) groups excluding carboxylic acids is 1. The maximum atomic E-state index is 13.1. The summed E-state index contributed by atoms with van der Waals surface area (Å²) in [5, 5.41) is 5.02. The number of carbonyl (C=O) groups is 1. The lowest BCUT2D eigenvalue weighted by molar-refractivity contribution is 0.103. The Labute approximate surface area is 177 Å². The molecule has 0 saturated heterocycles. The molecule has 0 radical (unpaired) electrons. The second-order valence-electron chi connectivity index (χ2n) is 6.68. The zero-order chi connectivity index (χ0) is 19.7. The third kappa shape index (κ3) is 4.07. The molecule has 5 heteroatoms. The van der Waals surface area contributed by atoms with Gasteiger partial charge in [-0.3, -0.25) is 4.79 Å². The second-order valence-corrected chi connectivity index (χ2v) is 8.61. The number of halogens is 2. The molecule has 0 aliphatic heterocycles. The van der Waals surface area contributed by atoms with Crippen LogP contribution in [0.4, 0.5) is 5.69 Å². The Balaban J connectivity index is 1.73. The number of nitrogens with one attached hydrogen (secondary N) is 1. The van der Waals surface area contributed by atoms with Crippen LogP contribution in [-0.2, 0) is 6.42 Å². The van der Waals surface area contributed by atoms with E-state index in [0.717, 1.165) is 15.6 Å². The fourth-order valence-electron chi connectivity index (χ4n) is 3.18. The SMILES string of the molecule is Cc1ccc(Cc2c(C(=O)Nc3cc(Cl)cc(Cl)c3)sc3ccccc23)cc1. The average molecular weight is 426 g/mol. The van der Waals surface area contributed by atoms with Crippen molar-refractivity contribution in [2.45, 2.75) is 13.3 Å². The first-order chi connectivity index (χ1) is 13.5. The van der Waals surface area contributed by atoms with Crippen molar-refractivity contribution in [3.05, 3.63) is 98.3 Å². The van der Waals surface area contributed by atoms with Gasteiger partial charge in [-0.05, 0) is 54.1 Å². The number of hydrogen-bond donors (Lipinski definition) is 1. The molecule has 140 valence electrons. The van der Waals surface area contributed by atoms with Crippen LogP contribution in [0.1, 0.15) is 26.4 Å². The van der Waals surface area contributed by atoms with E-state index in [2.05, 4.69) is 42.6 Å². The fraction of sp³-hybridized carbons (Fsp3) is 0.0870. The van der Waals surface area contributed by atoms with Gasteiger partial charge in [-0.25, -0.2) is 0 Å². The minimum atomic E-state index is -0.151. The lowest BCUT2D eigenvalue weighted by Crippen LogP contribution is -2.12. The first-order valence-corrected chi connectivity index (χ1v) is 10.4. The van der Waals surface area contributed by atoms with E-state index in [-0.39, 0.29) is 5.91 Å². The molecule has 4 aromatic rings. The molecule has 1 amide bonds. The van der Waals surface area contributed by atoms with E-state index >= 15 is 0 Å². The zero-order valence-electron chi connectivity index (χ0n) is 15.1. The van der Waals surface area contributed by atoms with Crippen molar-refractivity contribution in [1.29, 1.82) is 0 Å². The molecule has 0 unspecified atom stereocenters. The van der Waals surface area contributed by atoms with Crippen molar-refractivity contribution in [1.82, 2.24) is 0 Å². The number of benzene rings is 3. The van der Waals surface area contributed by atoms with Gasteiger partial charge in [0.25, 0.3) is 5.91 Å². The highest BCUT2D eigenvalue weighted by Crippen LogP contribution is 2.34. The van der Waals surface area contributed by atoms with Gasteiger partial charge in [-0.1, -0.05) is 71.2 Å². The van der Waals surface area contributed by atoms with Gasteiger partial charge in [0, 0.05) is 20.4 Å². The van der Waals surface area contributed by atoms with Crippen LogP contribution < -0.4 is 5.32 Å². The topological polar surface area (TPSA) is 29.1 Å². The van der Waals surface area contributed by atoms with Crippen molar-refractivity contribution in [2.75, 3.05) is 5.32 Å². The van der Waals surface area contributed by atoms with Gasteiger partial charge >= 0.3 is 0 Å². The van der Waals surface area contributed by atoms with E-state index in [9.17, 15) is 4.79 Å². The summed E-state index contributed by atoms with van der Waals surface area (Å²) in [4.78, 5) is 13.8. The van der Waals surface area contributed by atoms with Gasteiger partial charge < -0.3 is 5.32 Å². The van der Waals surface area contributed by atoms with Gasteiger partial charge in [0.05, 0.1) is 4.88 Å². The Morgan fingerprint density at radius 3 is 2.36 bits per heavy atom. The van der Waals surface area contributed by atoms with Gasteiger partial charge in [0.1, 0.15) is 0 Å². The second kappa shape index (κ2) is 7.96. The summed E-state index contributed by atoms with van der Waals surface area (Å²) in [6.45, 7) is 2.07. The number of amides is 1. The van der Waals surface area contributed by atoms with Crippen molar-refractivity contribution in [2.24, 2.45) is 0 Å².